The van der Waals surface area contributed by atoms with E-state index < -0.39 is 5.97 Å². The third-order valence-electron chi connectivity index (χ3n) is 4.13. The van der Waals surface area contributed by atoms with E-state index in [-0.39, 0.29) is 18.1 Å². The quantitative estimate of drug-likeness (QED) is 0.672. The van der Waals surface area contributed by atoms with Crippen molar-refractivity contribution in [2.24, 2.45) is 0 Å². The van der Waals surface area contributed by atoms with E-state index in [9.17, 15) is 9.59 Å². The number of ether oxygens (including phenoxy) is 1. The van der Waals surface area contributed by atoms with Gasteiger partial charge in [-0.1, -0.05) is 42.0 Å². The molecule has 0 bridgehead atoms. The topological polar surface area (TPSA) is 79.2 Å². The van der Waals surface area contributed by atoms with E-state index in [4.69, 9.17) is 10.00 Å². The molecule has 0 saturated carbocycles. The monoisotopic (exact) mass is 370 g/mol. The van der Waals surface area contributed by atoms with Gasteiger partial charge < -0.3 is 10.1 Å². The third kappa shape index (κ3) is 4.63. The van der Waals surface area contributed by atoms with Crippen molar-refractivity contribution >= 4 is 17.6 Å². The van der Waals surface area contributed by atoms with Crippen LogP contribution in [0.2, 0.25) is 0 Å². The fraction of sp³-hybridized carbons (Fsp3) is 0.0870. The summed E-state index contributed by atoms with van der Waals surface area (Å²) in [4.78, 5) is 25.0. The zero-order valence-corrected chi connectivity index (χ0v) is 15.3. The van der Waals surface area contributed by atoms with E-state index in [1.807, 2.05) is 25.1 Å². The molecule has 1 N–H and O–H groups in total. The fourth-order valence-corrected chi connectivity index (χ4v) is 2.65. The maximum absolute atomic E-state index is 12.5. The molecular weight excluding hydrogens is 352 g/mol. The largest absolute Gasteiger partial charge is 0.457 e. The summed E-state index contributed by atoms with van der Waals surface area (Å²) in [5.74, 6) is -0.833. The van der Waals surface area contributed by atoms with Gasteiger partial charge >= 0.3 is 5.97 Å². The van der Waals surface area contributed by atoms with Crippen molar-refractivity contribution in [2.45, 2.75) is 13.5 Å². The minimum Gasteiger partial charge on any atom is -0.457 e. The summed E-state index contributed by atoms with van der Waals surface area (Å²) in [7, 11) is 0. The Hall–Kier alpha value is -3.91. The highest BCUT2D eigenvalue weighted by atomic mass is 16.5. The lowest BCUT2D eigenvalue weighted by Crippen LogP contribution is -2.16. The molecule has 138 valence electrons. The van der Waals surface area contributed by atoms with Gasteiger partial charge in [0.25, 0.3) is 5.91 Å². The van der Waals surface area contributed by atoms with Crippen LogP contribution < -0.4 is 5.32 Å². The molecule has 0 heterocycles. The number of rotatable bonds is 5. The summed E-state index contributed by atoms with van der Waals surface area (Å²) in [5, 5.41) is 11.6. The van der Waals surface area contributed by atoms with E-state index in [0.29, 0.717) is 16.8 Å². The Labute approximate surface area is 163 Å². The summed E-state index contributed by atoms with van der Waals surface area (Å²) >= 11 is 0. The van der Waals surface area contributed by atoms with Crippen molar-refractivity contribution in [2.75, 3.05) is 5.32 Å². The van der Waals surface area contributed by atoms with Crippen molar-refractivity contribution in [1.29, 1.82) is 5.26 Å². The normalized spacial score (nSPS) is 10.0. The van der Waals surface area contributed by atoms with Crippen LogP contribution >= 0.6 is 0 Å². The lowest BCUT2D eigenvalue weighted by molar-refractivity contribution is 0.0474. The summed E-state index contributed by atoms with van der Waals surface area (Å²) in [6.07, 6.45) is 0. The van der Waals surface area contributed by atoms with E-state index in [1.165, 1.54) is 0 Å². The van der Waals surface area contributed by atoms with E-state index in [0.717, 1.165) is 11.1 Å². The number of carbonyl (C=O) groups is 2. The lowest BCUT2D eigenvalue weighted by atomic mass is 10.1. The molecule has 3 aromatic carbocycles. The van der Waals surface area contributed by atoms with E-state index in [2.05, 4.69) is 5.32 Å². The number of esters is 1. The zero-order chi connectivity index (χ0) is 19.9. The number of nitriles is 1. The zero-order valence-electron chi connectivity index (χ0n) is 15.3. The van der Waals surface area contributed by atoms with Crippen LogP contribution in [0.25, 0.3) is 0 Å². The molecule has 0 radical (unpaired) electrons. The number of para-hydroxylation sites is 1. The molecular formula is C23H18N2O3. The predicted molar refractivity (Wildman–Crippen MR) is 106 cm³/mol. The van der Waals surface area contributed by atoms with Gasteiger partial charge in [-0.3, -0.25) is 4.79 Å². The van der Waals surface area contributed by atoms with Gasteiger partial charge in [0, 0.05) is 5.56 Å². The first-order valence-electron chi connectivity index (χ1n) is 8.70. The maximum atomic E-state index is 12.5. The van der Waals surface area contributed by atoms with Gasteiger partial charge in [0.2, 0.25) is 0 Å². The number of nitrogens with one attached hydrogen (secondary N) is 1. The van der Waals surface area contributed by atoms with Gasteiger partial charge in [0.15, 0.2) is 0 Å². The first-order chi connectivity index (χ1) is 13.6. The Morgan fingerprint density at radius 1 is 1.00 bits per heavy atom. The van der Waals surface area contributed by atoms with Crippen LogP contribution in [0.4, 0.5) is 5.69 Å². The minimum absolute atomic E-state index is 0.0741. The highest BCUT2D eigenvalue weighted by Crippen LogP contribution is 2.18. The smallest absolute Gasteiger partial charge is 0.340 e. The molecule has 0 atom stereocenters. The molecule has 3 rings (SSSR count). The average molecular weight is 370 g/mol. The molecule has 3 aromatic rings. The Bertz CT molecular complexity index is 1050. The lowest BCUT2D eigenvalue weighted by Gasteiger charge is -2.11. The predicted octanol–water partition coefficient (Wildman–Crippen LogP) is 4.48. The molecule has 0 aliphatic heterocycles. The minimum atomic E-state index is -0.537. The van der Waals surface area contributed by atoms with Gasteiger partial charge in [0.05, 0.1) is 22.9 Å². The number of hydrogen-bond acceptors (Lipinski definition) is 4. The van der Waals surface area contributed by atoms with Crippen LogP contribution in [0.1, 0.15) is 37.4 Å². The first-order valence-corrected chi connectivity index (χ1v) is 8.70. The van der Waals surface area contributed by atoms with Crippen LogP contribution in [0.3, 0.4) is 0 Å². The average Bonchev–Trinajstić information content (AvgIpc) is 2.72. The molecule has 0 unspecified atom stereocenters. The second-order valence-electron chi connectivity index (χ2n) is 6.25. The van der Waals surface area contributed by atoms with Crippen LogP contribution in [0, 0.1) is 18.3 Å². The van der Waals surface area contributed by atoms with Crippen LogP contribution in [0.5, 0.6) is 0 Å². The summed E-state index contributed by atoms with van der Waals surface area (Å²) < 4.78 is 5.36. The molecule has 0 aliphatic carbocycles. The third-order valence-corrected chi connectivity index (χ3v) is 4.13. The molecule has 28 heavy (non-hydrogen) atoms. The highest BCUT2D eigenvalue weighted by molar-refractivity contribution is 6.08. The SMILES string of the molecule is Cc1cccc(C(=O)Nc2ccccc2C(=O)OCc2ccc(C#N)cc2)c1. The summed E-state index contributed by atoms with van der Waals surface area (Å²) in [6.45, 7) is 1.98. The molecule has 0 fully saturated rings. The Balaban J connectivity index is 1.71. The van der Waals surface area contributed by atoms with Crippen molar-refractivity contribution in [3.8, 4) is 6.07 Å². The number of anilines is 1. The molecule has 0 aliphatic rings. The summed E-state index contributed by atoms with van der Waals surface area (Å²) in [6, 6.07) is 22.8. The molecule has 0 spiro atoms. The van der Waals surface area contributed by atoms with E-state index in [1.54, 1.807) is 60.7 Å². The van der Waals surface area contributed by atoms with E-state index >= 15 is 0 Å². The Morgan fingerprint density at radius 2 is 1.75 bits per heavy atom. The van der Waals surface area contributed by atoms with Crippen LogP contribution in [0.15, 0.2) is 72.8 Å². The van der Waals surface area contributed by atoms with Crippen LogP contribution in [-0.4, -0.2) is 11.9 Å². The number of nitrogens with zero attached hydrogens (tertiary/aromatic N) is 1. The first kappa shape index (κ1) is 18.9. The highest BCUT2D eigenvalue weighted by Gasteiger charge is 2.15. The fourth-order valence-electron chi connectivity index (χ4n) is 2.65. The van der Waals surface area contributed by atoms with Gasteiger partial charge in [0.1, 0.15) is 6.61 Å². The number of benzene rings is 3. The number of aryl methyl sites for hydroxylation is 1. The van der Waals surface area contributed by atoms with Crippen LogP contribution in [-0.2, 0) is 11.3 Å². The van der Waals surface area contributed by atoms with Crippen molar-refractivity contribution < 1.29 is 14.3 Å². The Morgan fingerprint density at radius 3 is 2.46 bits per heavy atom. The second-order valence-corrected chi connectivity index (χ2v) is 6.25. The number of hydrogen-bond donors (Lipinski definition) is 1. The number of carbonyl (C=O) groups excluding carboxylic acids is 2. The van der Waals surface area contributed by atoms with Gasteiger partial charge in [-0.05, 0) is 48.9 Å². The number of amides is 1. The maximum Gasteiger partial charge on any atom is 0.340 e. The van der Waals surface area contributed by atoms with Gasteiger partial charge in [-0.15, -0.1) is 0 Å². The summed E-state index contributed by atoms with van der Waals surface area (Å²) in [5.41, 5.74) is 3.47. The second kappa shape index (κ2) is 8.65. The van der Waals surface area contributed by atoms with Crippen molar-refractivity contribution in [3.05, 3.63) is 101 Å². The molecule has 1 amide bonds. The van der Waals surface area contributed by atoms with Gasteiger partial charge in [-0.2, -0.15) is 5.26 Å². The standard InChI is InChI=1S/C23H18N2O3/c1-16-5-4-6-19(13-16)22(26)25-21-8-3-2-7-20(21)23(27)28-15-18-11-9-17(14-24)10-12-18/h2-13H,15H2,1H3,(H,25,26). The Kier molecular flexibility index (Phi) is 5.83. The van der Waals surface area contributed by atoms with Gasteiger partial charge in [-0.25, -0.2) is 4.79 Å². The van der Waals surface area contributed by atoms with Crippen molar-refractivity contribution in [1.82, 2.24) is 0 Å². The molecule has 5 nitrogen and oxygen atoms in total. The molecule has 5 heteroatoms. The molecule has 0 aromatic heterocycles. The molecule has 0 saturated heterocycles. The van der Waals surface area contributed by atoms with Crippen molar-refractivity contribution in [3.63, 3.8) is 0 Å².